The highest BCUT2D eigenvalue weighted by molar-refractivity contribution is 6.03. The number of benzene rings is 1. The number of hydrogen-bond donors (Lipinski definition) is 3. The lowest BCUT2D eigenvalue weighted by Crippen LogP contribution is -2.39. The minimum Gasteiger partial charge on any atom is -0.494 e. The summed E-state index contributed by atoms with van der Waals surface area (Å²) in [5, 5.41) is 4.93. The summed E-state index contributed by atoms with van der Waals surface area (Å²) in [7, 11) is 4.47. The Bertz CT molecular complexity index is 437. The number of urea groups is 1. The fraction of sp³-hybridized carbons (Fsp3) is 0.273. The molecule has 0 heterocycles. The molecule has 98 valence electrons. The first-order valence-electron chi connectivity index (χ1n) is 5.13. The minimum atomic E-state index is -0.527. The molecule has 0 atom stereocenters. The van der Waals surface area contributed by atoms with Crippen LogP contribution in [0.3, 0.4) is 0 Å². The van der Waals surface area contributed by atoms with E-state index in [1.54, 1.807) is 18.2 Å². The molecule has 0 bridgehead atoms. The van der Waals surface area contributed by atoms with E-state index in [0.29, 0.717) is 17.2 Å². The van der Waals surface area contributed by atoms with Crippen molar-refractivity contribution in [2.24, 2.45) is 10.7 Å². The largest absolute Gasteiger partial charge is 0.494 e. The van der Waals surface area contributed by atoms with Gasteiger partial charge in [-0.25, -0.2) is 4.79 Å². The SMILES string of the molecule is CN=C(N)NC(=O)Nc1c(OC)cccc1OC. The van der Waals surface area contributed by atoms with Crippen molar-refractivity contribution in [2.75, 3.05) is 26.6 Å². The van der Waals surface area contributed by atoms with Gasteiger partial charge in [-0.1, -0.05) is 6.07 Å². The summed E-state index contributed by atoms with van der Waals surface area (Å²) in [5.41, 5.74) is 5.80. The standard InChI is InChI=1S/C11H16N4O3/c1-13-10(12)15-11(16)14-9-7(17-2)5-4-6-8(9)18-3/h4-6H,1-3H3,(H4,12,13,14,15,16). The summed E-state index contributed by atoms with van der Waals surface area (Å²) >= 11 is 0. The molecule has 0 unspecified atom stereocenters. The molecule has 7 nitrogen and oxygen atoms in total. The van der Waals surface area contributed by atoms with Crippen molar-refractivity contribution in [1.82, 2.24) is 5.32 Å². The number of carbonyl (C=O) groups is 1. The number of aliphatic imine (C=N–C) groups is 1. The van der Waals surface area contributed by atoms with Crippen molar-refractivity contribution in [1.29, 1.82) is 0 Å². The van der Waals surface area contributed by atoms with Gasteiger partial charge >= 0.3 is 6.03 Å². The number of nitrogens with zero attached hydrogens (tertiary/aromatic N) is 1. The average Bonchev–Trinajstić information content (AvgIpc) is 2.38. The van der Waals surface area contributed by atoms with Gasteiger partial charge in [-0.3, -0.25) is 10.3 Å². The lowest BCUT2D eigenvalue weighted by Gasteiger charge is -2.14. The molecule has 7 heteroatoms. The Hall–Kier alpha value is -2.44. The second-order valence-corrected chi connectivity index (χ2v) is 3.23. The Kier molecular flexibility index (Phi) is 4.79. The van der Waals surface area contributed by atoms with E-state index < -0.39 is 6.03 Å². The number of anilines is 1. The second kappa shape index (κ2) is 6.33. The van der Waals surface area contributed by atoms with Crippen LogP contribution in [0.5, 0.6) is 11.5 Å². The van der Waals surface area contributed by atoms with E-state index >= 15 is 0 Å². The Balaban J connectivity index is 2.92. The monoisotopic (exact) mass is 252 g/mol. The minimum absolute atomic E-state index is 0.0152. The van der Waals surface area contributed by atoms with E-state index in [0.717, 1.165) is 0 Å². The molecule has 0 spiro atoms. The third kappa shape index (κ3) is 3.27. The number of rotatable bonds is 3. The van der Waals surface area contributed by atoms with E-state index in [1.165, 1.54) is 21.3 Å². The zero-order chi connectivity index (χ0) is 13.5. The van der Waals surface area contributed by atoms with Crippen LogP contribution in [0.1, 0.15) is 0 Å². The summed E-state index contributed by atoms with van der Waals surface area (Å²) in [5.74, 6) is 0.981. The van der Waals surface area contributed by atoms with Gasteiger partial charge in [-0.15, -0.1) is 0 Å². The normalized spacial score (nSPS) is 10.7. The molecule has 18 heavy (non-hydrogen) atoms. The highest BCUT2D eigenvalue weighted by Crippen LogP contribution is 2.33. The topological polar surface area (TPSA) is 98.0 Å². The predicted molar refractivity (Wildman–Crippen MR) is 69.2 cm³/mol. The van der Waals surface area contributed by atoms with Crippen LogP contribution in [-0.4, -0.2) is 33.3 Å². The number of para-hydroxylation sites is 1. The molecule has 0 saturated heterocycles. The maximum absolute atomic E-state index is 11.6. The molecule has 4 N–H and O–H groups in total. The Labute approximate surface area is 105 Å². The molecular weight excluding hydrogens is 236 g/mol. The number of guanidine groups is 1. The zero-order valence-electron chi connectivity index (χ0n) is 10.5. The second-order valence-electron chi connectivity index (χ2n) is 3.23. The Morgan fingerprint density at radius 3 is 2.28 bits per heavy atom. The van der Waals surface area contributed by atoms with E-state index in [1.807, 2.05) is 0 Å². The van der Waals surface area contributed by atoms with Gasteiger partial charge in [0.05, 0.1) is 14.2 Å². The van der Waals surface area contributed by atoms with Crippen LogP contribution in [-0.2, 0) is 0 Å². The lowest BCUT2D eigenvalue weighted by molar-refractivity contribution is 0.255. The first-order chi connectivity index (χ1) is 8.62. The van der Waals surface area contributed by atoms with Crippen molar-refractivity contribution < 1.29 is 14.3 Å². The van der Waals surface area contributed by atoms with Crippen molar-refractivity contribution in [3.8, 4) is 11.5 Å². The number of nitrogens with two attached hydrogens (primary N) is 1. The number of ether oxygens (including phenoxy) is 2. The van der Waals surface area contributed by atoms with Crippen molar-refractivity contribution in [3.05, 3.63) is 18.2 Å². The van der Waals surface area contributed by atoms with Gasteiger partial charge in [-0.05, 0) is 12.1 Å². The fourth-order valence-corrected chi connectivity index (χ4v) is 1.29. The third-order valence-corrected chi connectivity index (χ3v) is 2.15. The fourth-order valence-electron chi connectivity index (χ4n) is 1.29. The van der Waals surface area contributed by atoms with Gasteiger partial charge in [0.25, 0.3) is 0 Å². The van der Waals surface area contributed by atoms with E-state index in [-0.39, 0.29) is 5.96 Å². The average molecular weight is 252 g/mol. The van der Waals surface area contributed by atoms with Crippen molar-refractivity contribution >= 4 is 17.7 Å². The predicted octanol–water partition coefficient (Wildman–Crippen LogP) is 0.770. The quantitative estimate of drug-likeness (QED) is 0.546. The molecule has 1 aromatic rings. The van der Waals surface area contributed by atoms with Crippen LogP contribution in [0.2, 0.25) is 0 Å². The molecule has 0 radical (unpaired) electrons. The van der Waals surface area contributed by atoms with E-state index in [9.17, 15) is 4.79 Å². The zero-order valence-corrected chi connectivity index (χ0v) is 10.5. The molecule has 0 aliphatic rings. The number of amides is 2. The summed E-state index contributed by atoms with van der Waals surface area (Å²) in [4.78, 5) is 15.2. The molecule has 1 aromatic carbocycles. The first kappa shape index (κ1) is 13.6. The van der Waals surface area contributed by atoms with Crippen molar-refractivity contribution in [2.45, 2.75) is 0 Å². The van der Waals surface area contributed by atoms with Crippen LogP contribution in [0.25, 0.3) is 0 Å². The molecular formula is C11H16N4O3. The maximum atomic E-state index is 11.6. The lowest BCUT2D eigenvalue weighted by atomic mass is 10.2. The van der Waals surface area contributed by atoms with Gasteiger partial charge in [0.1, 0.15) is 17.2 Å². The van der Waals surface area contributed by atoms with Crippen LogP contribution in [0.4, 0.5) is 10.5 Å². The molecule has 0 fully saturated rings. The van der Waals surface area contributed by atoms with Crippen LogP contribution in [0.15, 0.2) is 23.2 Å². The maximum Gasteiger partial charge on any atom is 0.326 e. The first-order valence-corrected chi connectivity index (χ1v) is 5.13. The molecule has 0 aliphatic carbocycles. The van der Waals surface area contributed by atoms with E-state index in [2.05, 4.69) is 15.6 Å². The van der Waals surface area contributed by atoms with Gasteiger partial charge in [0.2, 0.25) is 0 Å². The number of carbonyl (C=O) groups excluding carboxylic acids is 1. The van der Waals surface area contributed by atoms with Crippen LogP contribution < -0.4 is 25.8 Å². The van der Waals surface area contributed by atoms with Gasteiger partial charge in [0.15, 0.2) is 5.96 Å². The van der Waals surface area contributed by atoms with Gasteiger partial charge < -0.3 is 20.5 Å². The molecule has 0 aliphatic heterocycles. The summed E-state index contributed by atoms with van der Waals surface area (Å²) in [6.45, 7) is 0. The van der Waals surface area contributed by atoms with Gasteiger partial charge in [-0.2, -0.15) is 0 Å². The Morgan fingerprint density at radius 1 is 1.28 bits per heavy atom. The van der Waals surface area contributed by atoms with E-state index in [4.69, 9.17) is 15.2 Å². The molecule has 0 aromatic heterocycles. The molecule has 2 amide bonds. The Morgan fingerprint density at radius 2 is 1.83 bits per heavy atom. The number of nitrogens with one attached hydrogen (secondary N) is 2. The summed E-state index contributed by atoms with van der Waals surface area (Å²) in [6.07, 6.45) is 0. The molecule has 1 rings (SSSR count). The smallest absolute Gasteiger partial charge is 0.326 e. The highest BCUT2D eigenvalue weighted by Gasteiger charge is 2.13. The molecule has 0 saturated carbocycles. The third-order valence-electron chi connectivity index (χ3n) is 2.15. The summed E-state index contributed by atoms with van der Waals surface area (Å²) < 4.78 is 10.3. The highest BCUT2D eigenvalue weighted by atomic mass is 16.5. The number of methoxy groups -OCH3 is 2. The summed E-state index contributed by atoms with van der Waals surface area (Å²) in [6, 6.07) is 4.63. The van der Waals surface area contributed by atoms with Gasteiger partial charge in [0, 0.05) is 7.05 Å². The number of hydrogen-bond acceptors (Lipinski definition) is 4. The van der Waals surface area contributed by atoms with Crippen molar-refractivity contribution in [3.63, 3.8) is 0 Å². The van der Waals surface area contributed by atoms with Crippen LogP contribution >= 0.6 is 0 Å². The van der Waals surface area contributed by atoms with Crippen LogP contribution in [0, 0.1) is 0 Å².